The Bertz CT molecular complexity index is 304. The Labute approximate surface area is 101 Å². The third-order valence-corrected chi connectivity index (χ3v) is 2.84. The van der Waals surface area contributed by atoms with Gasteiger partial charge in [-0.15, -0.1) is 0 Å². The molecule has 0 aliphatic rings. The first-order valence-corrected chi connectivity index (χ1v) is 5.54. The minimum atomic E-state index is -1.05. The molecular formula is C11H20N2O4. The van der Waals surface area contributed by atoms with Gasteiger partial charge in [0.1, 0.15) is 12.5 Å². The van der Waals surface area contributed by atoms with Crippen LogP contribution >= 0.6 is 0 Å². The predicted molar refractivity (Wildman–Crippen MR) is 62.3 cm³/mol. The van der Waals surface area contributed by atoms with Crippen LogP contribution in [0.5, 0.6) is 0 Å². The quantitative estimate of drug-likeness (QED) is 0.648. The molecule has 17 heavy (non-hydrogen) atoms. The third-order valence-electron chi connectivity index (χ3n) is 2.84. The number of hydrogen-bond donors (Lipinski definition) is 2. The van der Waals surface area contributed by atoms with E-state index in [0.717, 1.165) is 4.90 Å². The monoisotopic (exact) mass is 244 g/mol. The van der Waals surface area contributed by atoms with Crippen LogP contribution in [0.15, 0.2) is 0 Å². The summed E-state index contributed by atoms with van der Waals surface area (Å²) in [6.45, 7) is 3.63. The number of aliphatic carboxylic acids is 1. The van der Waals surface area contributed by atoms with Crippen molar-refractivity contribution in [1.82, 2.24) is 10.2 Å². The second-order valence-electron chi connectivity index (χ2n) is 4.02. The average Bonchev–Trinajstić information content (AvgIpc) is 2.27. The van der Waals surface area contributed by atoms with Gasteiger partial charge in [-0.05, 0) is 5.92 Å². The van der Waals surface area contributed by atoms with Gasteiger partial charge in [0.05, 0.1) is 0 Å². The highest BCUT2D eigenvalue weighted by Crippen LogP contribution is 2.14. The summed E-state index contributed by atoms with van der Waals surface area (Å²) in [5, 5.41) is 11.4. The molecule has 0 rings (SSSR count). The van der Waals surface area contributed by atoms with Crippen molar-refractivity contribution in [3.05, 3.63) is 0 Å². The molecule has 98 valence electrons. The fourth-order valence-electron chi connectivity index (χ4n) is 1.52. The zero-order valence-electron chi connectivity index (χ0n) is 10.7. The number of amides is 2. The Kier molecular flexibility index (Phi) is 6.23. The molecule has 0 radical (unpaired) electrons. The minimum absolute atomic E-state index is 0.161. The molecule has 0 fully saturated rings. The summed E-state index contributed by atoms with van der Waals surface area (Å²) < 4.78 is 0. The first-order valence-electron chi connectivity index (χ1n) is 5.54. The topological polar surface area (TPSA) is 86.7 Å². The van der Waals surface area contributed by atoms with Crippen molar-refractivity contribution < 1.29 is 19.5 Å². The highest BCUT2D eigenvalue weighted by Gasteiger charge is 2.31. The number of nitrogens with one attached hydrogen (secondary N) is 1. The van der Waals surface area contributed by atoms with Gasteiger partial charge in [-0.1, -0.05) is 20.3 Å². The van der Waals surface area contributed by atoms with Crippen molar-refractivity contribution in [2.75, 3.05) is 14.1 Å². The highest BCUT2D eigenvalue weighted by molar-refractivity contribution is 5.98. The standard InChI is InChI=1S/C11H20N2O4/c1-5-7(2)10(11(16)17)13(4)9(15)6-8(14)12-3/h7,10H,5-6H2,1-4H3,(H,12,14)(H,16,17). The van der Waals surface area contributed by atoms with Crippen LogP contribution in [0.4, 0.5) is 0 Å². The van der Waals surface area contributed by atoms with Gasteiger partial charge in [0.15, 0.2) is 0 Å². The van der Waals surface area contributed by atoms with Crippen LogP contribution in [0.25, 0.3) is 0 Å². The van der Waals surface area contributed by atoms with Crippen molar-refractivity contribution in [3.63, 3.8) is 0 Å². The van der Waals surface area contributed by atoms with E-state index in [2.05, 4.69) is 5.32 Å². The van der Waals surface area contributed by atoms with E-state index >= 15 is 0 Å². The lowest BCUT2D eigenvalue weighted by molar-refractivity contribution is -0.152. The summed E-state index contributed by atoms with van der Waals surface area (Å²) in [6, 6.07) is -0.892. The number of carboxylic acid groups (broad SMARTS) is 1. The van der Waals surface area contributed by atoms with E-state index in [0.29, 0.717) is 6.42 Å². The molecule has 0 saturated carbocycles. The maximum absolute atomic E-state index is 11.7. The van der Waals surface area contributed by atoms with E-state index in [1.807, 2.05) is 6.92 Å². The Balaban J connectivity index is 4.72. The van der Waals surface area contributed by atoms with Crippen molar-refractivity contribution in [3.8, 4) is 0 Å². The zero-order chi connectivity index (χ0) is 13.6. The summed E-state index contributed by atoms with van der Waals surface area (Å²) in [6.07, 6.45) is 0.321. The van der Waals surface area contributed by atoms with Crippen molar-refractivity contribution >= 4 is 17.8 Å². The molecule has 0 aliphatic carbocycles. The number of carboxylic acids is 1. The molecule has 0 saturated heterocycles. The van der Waals surface area contributed by atoms with Gasteiger partial charge in [-0.25, -0.2) is 4.79 Å². The van der Waals surface area contributed by atoms with Crippen molar-refractivity contribution in [1.29, 1.82) is 0 Å². The first kappa shape index (κ1) is 15.4. The Morgan fingerprint density at radius 1 is 1.35 bits per heavy atom. The summed E-state index contributed by atoms with van der Waals surface area (Å²) in [5.74, 6) is -2.12. The number of carbonyl (C=O) groups excluding carboxylic acids is 2. The smallest absolute Gasteiger partial charge is 0.326 e. The van der Waals surface area contributed by atoms with Crippen molar-refractivity contribution in [2.45, 2.75) is 32.7 Å². The van der Waals surface area contributed by atoms with Crippen LogP contribution < -0.4 is 5.32 Å². The number of nitrogens with zero attached hydrogens (tertiary/aromatic N) is 1. The van der Waals surface area contributed by atoms with Gasteiger partial charge < -0.3 is 15.3 Å². The maximum atomic E-state index is 11.7. The van der Waals surface area contributed by atoms with Gasteiger partial charge in [0.2, 0.25) is 11.8 Å². The van der Waals surface area contributed by atoms with Crippen LogP contribution in [-0.4, -0.2) is 47.9 Å². The summed E-state index contributed by atoms with van der Waals surface area (Å²) in [7, 11) is 2.84. The fourth-order valence-corrected chi connectivity index (χ4v) is 1.52. The van der Waals surface area contributed by atoms with E-state index in [1.54, 1.807) is 6.92 Å². The van der Waals surface area contributed by atoms with Crippen molar-refractivity contribution in [2.24, 2.45) is 5.92 Å². The highest BCUT2D eigenvalue weighted by atomic mass is 16.4. The van der Waals surface area contributed by atoms with Gasteiger partial charge in [0, 0.05) is 14.1 Å². The van der Waals surface area contributed by atoms with Crippen LogP contribution in [0, 0.1) is 5.92 Å². The summed E-state index contributed by atoms with van der Waals surface area (Å²) in [4.78, 5) is 35.0. The van der Waals surface area contributed by atoms with Gasteiger partial charge in [-0.3, -0.25) is 9.59 Å². The Hall–Kier alpha value is -1.59. The summed E-state index contributed by atoms with van der Waals surface area (Å²) >= 11 is 0. The third kappa shape index (κ3) is 4.42. The molecule has 0 aromatic rings. The Morgan fingerprint density at radius 2 is 1.88 bits per heavy atom. The second kappa shape index (κ2) is 6.88. The first-order chi connectivity index (χ1) is 7.84. The van der Waals surface area contributed by atoms with Gasteiger partial charge >= 0.3 is 5.97 Å². The molecule has 0 heterocycles. The lowest BCUT2D eigenvalue weighted by atomic mass is 9.98. The number of carbonyl (C=O) groups is 3. The van der Waals surface area contributed by atoms with E-state index in [9.17, 15) is 14.4 Å². The van der Waals surface area contributed by atoms with E-state index in [-0.39, 0.29) is 12.3 Å². The van der Waals surface area contributed by atoms with E-state index < -0.39 is 23.8 Å². The maximum Gasteiger partial charge on any atom is 0.326 e. The Morgan fingerprint density at radius 3 is 2.24 bits per heavy atom. The number of rotatable bonds is 6. The normalized spacial score (nSPS) is 13.6. The molecule has 0 spiro atoms. The van der Waals surface area contributed by atoms with Crippen LogP contribution in [-0.2, 0) is 14.4 Å². The van der Waals surface area contributed by atoms with Crippen LogP contribution in [0.2, 0.25) is 0 Å². The second-order valence-corrected chi connectivity index (χ2v) is 4.02. The largest absolute Gasteiger partial charge is 0.480 e. The number of hydrogen-bond acceptors (Lipinski definition) is 3. The molecule has 0 aliphatic heterocycles. The fraction of sp³-hybridized carbons (Fsp3) is 0.727. The summed E-state index contributed by atoms with van der Waals surface area (Å²) in [5.41, 5.74) is 0. The van der Waals surface area contributed by atoms with Crippen LogP contribution in [0.1, 0.15) is 26.7 Å². The van der Waals surface area contributed by atoms with E-state index in [4.69, 9.17) is 5.11 Å². The SMILES string of the molecule is CCC(C)C(C(=O)O)N(C)C(=O)CC(=O)NC. The number of likely N-dealkylation sites (N-methyl/N-ethyl adjacent to an activating group) is 1. The average molecular weight is 244 g/mol. The minimum Gasteiger partial charge on any atom is -0.480 e. The van der Waals surface area contributed by atoms with Crippen LogP contribution in [0.3, 0.4) is 0 Å². The molecule has 2 atom stereocenters. The molecular weight excluding hydrogens is 224 g/mol. The predicted octanol–water partition coefficient (Wildman–Crippen LogP) is 0.0802. The van der Waals surface area contributed by atoms with Gasteiger partial charge in [-0.2, -0.15) is 0 Å². The zero-order valence-corrected chi connectivity index (χ0v) is 10.7. The van der Waals surface area contributed by atoms with E-state index in [1.165, 1.54) is 14.1 Å². The molecule has 2 unspecified atom stereocenters. The molecule has 2 N–H and O–H groups in total. The molecule has 2 amide bonds. The van der Waals surface area contributed by atoms with Gasteiger partial charge in [0.25, 0.3) is 0 Å². The lowest BCUT2D eigenvalue weighted by Crippen LogP contribution is -2.47. The molecule has 6 heteroatoms. The molecule has 0 bridgehead atoms. The molecule has 0 aromatic carbocycles. The lowest BCUT2D eigenvalue weighted by Gasteiger charge is -2.28. The molecule has 6 nitrogen and oxygen atoms in total. The molecule has 0 aromatic heterocycles.